The molecule has 1 saturated heterocycles. The van der Waals surface area contributed by atoms with E-state index in [4.69, 9.17) is 23.2 Å². The molecule has 4 rings (SSSR count). The van der Waals surface area contributed by atoms with Gasteiger partial charge < -0.3 is 0 Å². The normalized spacial score (nSPS) is 15.0. The van der Waals surface area contributed by atoms with Gasteiger partial charge in [0.15, 0.2) is 16.8 Å². The fourth-order valence-electron chi connectivity index (χ4n) is 3.39. The van der Waals surface area contributed by atoms with E-state index in [-0.39, 0.29) is 11.5 Å². The lowest BCUT2D eigenvalue weighted by atomic mass is 10.1. The number of carbonyl (C=O) groups excluding carboxylic acids is 1. The van der Waals surface area contributed by atoms with Gasteiger partial charge in [-0.1, -0.05) is 59.6 Å². The Kier molecular flexibility index (Phi) is 6.92. The van der Waals surface area contributed by atoms with Crippen LogP contribution in [0, 0.1) is 0 Å². The first kappa shape index (κ1) is 20.9. The zero-order chi connectivity index (χ0) is 20.2. The molecule has 1 aliphatic rings. The molecule has 0 unspecified atom stereocenters. The maximum absolute atomic E-state index is 12.6. The lowest BCUT2D eigenvalue weighted by Crippen LogP contribution is -2.30. The van der Waals surface area contributed by atoms with Gasteiger partial charge in [-0.15, -0.1) is 21.5 Å². The second-order valence-electron chi connectivity index (χ2n) is 6.86. The summed E-state index contributed by atoms with van der Waals surface area (Å²) in [5.41, 5.74) is 1.46. The van der Waals surface area contributed by atoms with Crippen LogP contribution in [0.15, 0.2) is 41.6 Å². The summed E-state index contributed by atoms with van der Waals surface area (Å²) in [6.07, 6.45) is 3.74. The molecule has 0 N–H and O–H groups in total. The minimum atomic E-state index is -0.0663. The number of ketones is 1. The van der Waals surface area contributed by atoms with Crippen LogP contribution in [0.1, 0.15) is 35.4 Å². The van der Waals surface area contributed by atoms with Crippen molar-refractivity contribution in [1.29, 1.82) is 0 Å². The second-order valence-corrected chi connectivity index (χ2v) is 10.1. The number of thiophene rings is 1. The summed E-state index contributed by atoms with van der Waals surface area (Å²) in [5, 5.41) is 9.55. The summed E-state index contributed by atoms with van der Waals surface area (Å²) >= 11 is 14.7. The molecule has 3 heterocycles. The van der Waals surface area contributed by atoms with Crippen molar-refractivity contribution in [2.24, 2.45) is 0 Å². The molecule has 9 heteroatoms. The van der Waals surface area contributed by atoms with E-state index in [1.54, 1.807) is 6.07 Å². The Morgan fingerprint density at radius 2 is 1.86 bits per heavy atom. The number of thioether (sulfide) groups is 1. The Morgan fingerprint density at radius 3 is 2.55 bits per heavy atom. The number of benzene rings is 1. The molecule has 0 bridgehead atoms. The number of rotatable bonds is 7. The van der Waals surface area contributed by atoms with Gasteiger partial charge in [0.1, 0.15) is 4.34 Å². The highest BCUT2D eigenvalue weighted by Crippen LogP contribution is 2.33. The van der Waals surface area contributed by atoms with Gasteiger partial charge in [-0.2, -0.15) is 0 Å². The number of nitrogens with zero attached hydrogens (tertiary/aromatic N) is 4. The molecule has 0 spiro atoms. The number of halogens is 2. The Morgan fingerprint density at radius 1 is 1.10 bits per heavy atom. The van der Waals surface area contributed by atoms with Crippen molar-refractivity contribution in [3.05, 3.63) is 56.5 Å². The molecule has 0 atom stereocenters. The summed E-state index contributed by atoms with van der Waals surface area (Å²) in [5.74, 6) is 1.05. The molecular formula is C20H20Cl2N4OS2. The summed E-state index contributed by atoms with van der Waals surface area (Å²) in [6, 6.07) is 11.7. The van der Waals surface area contributed by atoms with E-state index in [9.17, 15) is 4.79 Å². The first-order valence-corrected chi connectivity index (χ1v) is 12.0. The maximum atomic E-state index is 12.6. The third-order valence-electron chi connectivity index (χ3n) is 4.82. The van der Waals surface area contributed by atoms with Crippen LogP contribution in [-0.4, -0.2) is 44.3 Å². The van der Waals surface area contributed by atoms with E-state index >= 15 is 0 Å². The molecule has 3 aromatic rings. The highest BCUT2D eigenvalue weighted by molar-refractivity contribution is 7.99. The Labute approximate surface area is 188 Å². The zero-order valence-electron chi connectivity index (χ0n) is 15.7. The van der Waals surface area contributed by atoms with Gasteiger partial charge in [-0.25, -0.2) is 0 Å². The van der Waals surface area contributed by atoms with Crippen LogP contribution in [0.3, 0.4) is 0 Å². The fraction of sp³-hybridized carbons (Fsp3) is 0.350. The van der Waals surface area contributed by atoms with E-state index in [1.807, 2.05) is 30.3 Å². The predicted octanol–water partition coefficient (Wildman–Crippen LogP) is 5.60. The highest BCUT2D eigenvalue weighted by Gasteiger charge is 2.21. The fourth-order valence-corrected chi connectivity index (χ4v) is 5.74. The molecular weight excluding hydrogens is 447 g/mol. The quantitative estimate of drug-likeness (QED) is 0.335. The molecule has 1 aromatic carbocycles. The first-order valence-electron chi connectivity index (χ1n) is 9.44. The standard InChI is InChI=1S/C20H20Cl2N4OS2/c21-17-11-15(19(22)29-17)16(27)13-28-20-24-23-18(12-25-9-5-2-6-10-25)26(20)14-7-3-1-4-8-14/h1,3-4,7-8,11H,2,5-6,9-10,12-13H2. The highest BCUT2D eigenvalue weighted by atomic mass is 35.5. The number of carbonyl (C=O) groups is 1. The van der Waals surface area contributed by atoms with E-state index in [0.717, 1.165) is 31.1 Å². The van der Waals surface area contributed by atoms with Crippen molar-refractivity contribution in [2.45, 2.75) is 31.0 Å². The lowest BCUT2D eigenvalue weighted by Gasteiger charge is -2.26. The van der Waals surface area contributed by atoms with Crippen LogP contribution >= 0.6 is 46.3 Å². The monoisotopic (exact) mass is 466 g/mol. The van der Waals surface area contributed by atoms with Crippen molar-refractivity contribution in [3.63, 3.8) is 0 Å². The summed E-state index contributed by atoms with van der Waals surface area (Å²) in [7, 11) is 0. The van der Waals surface area contributed by atoms with E-state index < -0.39 is 0 Å². The van der Waals surface area contributed by atoms with Crippen LogP contribution in [0.5, 0.6) is 0 Å². The van der Waals surface area contributed by atoms with Gasteiger partial charge >= 0.3 is 0 Å². The number of piperidine rings is 1. The number of likely N-dealkylation sites (tertiary alicyclic amines) is 1. The van der Waals surface area contributed by atoms with Crippen molar-refractivity contribution >= 4 is 52.1 Å². The van der Waals surface area contributed by atoms with Crippen LogP contribution in [0.2, 0.25) is 8.67 Å². The third kappa shape index (κ3) is 5.03. The second kappa shape index (κ2) is 9.62. The third-order valence-corrected chi connectivity index (χ3v) is 7.23. The number of para-hydroxylation sites is 1. The molecule has 0 saturated carbocycles. The average Bonchev–Trinajstić information content (AvgIpc) is 3.29. The van der Waals surface area contributed by atoms with Crippen LogP contribution in [0.4, 0.5) is 0 Å². The van der Waals surface area contributed by atoms with E-state index in [0.29, 0.717) is 19.4 Å². The molecule has 0 amide bonds. The minimum absolute atomic E-state index is 0.0663. The minimum Gasteiger partial charge on any atom is -0.296 e. The first-order chi connectivity index (χ1) is 14.1. The van der Waals surface area contributed by atoms with Crippen molar-refractivity contribution in [1.82, 2.24) is 19.7 Å². The Bertz CT molecular complexity index is 984. The Hall–Kier alpha value is -1.38. The average molecular weight is 467 g/mol. The molecule has 2 aromatic heterocycles. The van der Waals surface area contributed by atoms with Crippen molar-refractivity contribution in [2.75, 3.05) is 18.8 Å². The zero-order valence-corrected chi connectivity index (χ0v) is 18.8. The molecule has 5 nitrogen and oxygen atoms in total. The number of aromatic nitrogens is 3. The molecule has 1 aliphatic heterocycles. The SMILES string of the molecule is O=C(CSc1nnc(CN2CCCCC2)n1-c1ccccc1)c1cc(Cl)sc1Cl. The molecule has 1 fully saturated rings. The van der Waals surface area contributed by atoms with Gasteiger partial charge in [-0.05, 0) is 44.1 Å². The van der Waals surface area contributed by atoms with Crippen LogP contribution in [-0.2, 0) is 6.54 Å². The summed E-state index contributed by atoms with van der Waals surface area (Å²) in [6.45, 7) is 2.92. The van der Waals surface area contributed by atoms with Gasteiger partial charge in [-0.3, -0.25) is 14.3 Å². The van der Waals surface area contributed by atoms with Crippen LogP contribution in [0.25, 0.3) is 5.69 Å². The smallest absolute Gasteiger partial charge is 0.196 e. The van der Waals surface area contributed by atoms with Crippen molar-refractivity contribution in [3.8, 4) is 5.69 Å². The number of Topliss-reactive ketones (excluding diaryl/α,β-unsaturated/α-hetero) is 1. The molecule has 29 heavy (non-hydrogen) atoms. The summed E-state index contributed by atoms with van der Waals surface area (Å²) in [4.78, 5) is 15.0. The molecule has 0 radical (unpaired) electrons. The maximum Gasteiger partial charge on any atom is 0.196 e. The largest absolute Gasteiger partial charge is 0.296 e. The van der Waals surface area contributed by atoms with E-state index in [2.05, 4.69) is 19.7 Å². The Balaban J connectivity index is 1.56. The van der Waals surface area contributed by atoms with Gasteiger partial charge in [0.2, 0.25) is 0 Å². The molecule has 152 valence electrons. The topological polar surface area (TPSA) is 51.0 Å². The lowest BCUT2D eigenvalue weighted by molar-refractivity contribution is 0.102. The van der Waals surface area contributed by atoms with Crippen molar-refractivity contribution < 1.29 is 4.79 Å². The molecule has 0 aliphatic carbocycles. The van der Waals surface area contributed by atoms with E-state index in [1.165, 1.54) is 42.4 Å². The number of hydrogen-bond donors (Lipinski definition) is 0. The summed E-state index contributed by atoms with van der Waals surface area (Å²) < 4.78 is 2.99. The van der Waals surface area contributed by atoms with Gasteiger partial charge in [0.05, 0.1) is 16.6 Å². The number of hydrogen-bond acceptors (Lipinski definition) is 6. The van der Waals surface area contributed by atoms with Gasteiger partial charge in [0, 0.05) is 11.3 Å². The van der Waals surface area contributed by atoms with Crippen LogP contribution < -0.4 is 0 Å². The predicted molar refractivity (Wildman–Crippen MR) is 120 cm³/mol. The van der Waals surface area contributed by atoms with Gasteiger partial charge in [0.25, 0.3) is 0 Å².